The van der Waals surface area contributed by atoms with Gasteiger partial charge in [-0.15, -0.1) is 5.10 Å². The van der Waals surface area contributed by atoms with Gasteiger partial charge in [0.1, 0.15) is 0 Å². The van der Waals surface area contributed by atoms with E-state index in [1.807, 2.05) is 24.4 Å². The second kappa shape index (κ2) is 7.31. The lowest BCUT2D eigenvalue weighted by molar-refractivity contribution is 0.114. The van der Waals surface area contributed by atoms with Crippen LogP contribution in [-0.4, -0.2) is 44.0 Å². The van der Waals surface area contributed by atoms with Crippen LogP contribution in [0.3, 0.4) is 0 Å². The van der Waals surface area contributed by atoms with E-state index < -0.39 is 5.54 Å². The Bertz CT molecular complexity index is 538. The summed E-state index contributed by atoms with van der Waals surface area (Å²) in [5, 5.41) is 26.5. The number of benzene rings is 1. The van der Waals surface area contributed by atoms with Crippen LogP contribution in [0.4, 0.5) is 0 Å². The highest BCUT2D eigenvalue weighted by atomic mass is 16.3. The predicted molar refractivity (Wildman–Crippen MR) is 79.6 cm³/mol. The van der Waals surface area contributed by atoms with E-state index in [0.29, 0.717) is 12.8 Å². The largest absolute Gasteiger partial charge is 0.394 e. The van der Waals surface area contributed by atoms with Gasteiger partial charge < -0.3 is 15.9 Å². The number of nitrogens with two attached hydrogens (primary N) is 1. The number of aryl methyl sites for hydroxylation is 3. The summed E-state index contributed by atoms with van der Waals surface area (Å²) in [5.74, 6) is 0. The summed E-state index contributed by atoms with van der Waals surface area (Å²) in [7, 11) is 0. The van der Waals surface area contributed by atoms with Crippen LogP contribution in [0, 0.1) is 0 Å². The minimum atomic E-state index is -0.951. The van der Waals surface area contributed by atoms with Crippen molar-refractivity contribution < 1.29 is 10.2 Å². The summed E-state index contributed by atoms with van der Waals surface area (Å²) >= 11 is 0. The van der Waals surface area contributed by atoms with Crippen molar-refractivity contribution in [1.29, 1.82) is 0 Å². The predicted octanol–water partition coefficient (Wildman–Crippen LogP) is 0.135. The summed E-state index contributed by atoms with van der Waals surface area (Å²) in [5.41, 5.74) is 6.96. The van der Waals surface area contributed by atoms with Gasteiger partial charge in [-0.3, -0.25) is 4.68 Å². The first-order valence-corrected chi connectivity index (χ1v) is 7.09. The van der Waals surface area contributed by atoms with Crippen LogP contribution >= 0.6 is 0 Å². The molecule has 1 aromatic carbocycles. The third-order valence-corrected chi connectivity index (χ3v) is 3.57. The van der Waals surface area contributed by atoms with Gasteiger partial charge in [-0.25, -0.2) is 0 Å². The lowest BCUT2D eigenvalue weighted by Crippen LogP contribution is -2.47. The Hall–Kier alpha value is -1.76. The van der Waals surface area contributed by atoms with Crippen molar-refractivity contribution in [2.24, 2.45) is 5.73 Å². The standard InChI is InChI=1S/C15H22N4O2/c16-15(11-20,12-21)8-6-14-10-19(18-17-14)9-7-13-4-2-1-3-5-13/h1-5,10,20-21H,6-9,11-12,16H2. The van der Waals surface area contributed by atoms with Gasteiger partial charge in [-0.2, -0.15) is 0 Å². The van der Waals surface area contributed by atoms with Crippen molar-refractivity contribution in [3.8, 4) is 0 Å². The summed E-state index contributed by atoms with van der Waals surface area (Å²) in [6, 6.07) is 10.2. The number of nitrogens with zero attached hydrogens (tertiary/aromatic N) is 3. The van der Waals surface area contributed by atoms with Gasteiger partial charge in [0.25, 0.3) is 0 Å². The number of rotatable bonds is 8. The topological polar surface area (TPSA) is 97.2 Å². The molecule has 0 radical (unpaired) electrons. The van der Waals surface area contributed by atoms with Crippen LogP contribution in [0.15, 0.2) is 36.5 Å². The molecule has 0 saturated heterocycles. The van der Waals surface area contributed by atoms with Crippen molar-refractivity contribution in [3.63, 3.8) is 0 Å². The van der Waals surface area contributed by atoms with Gasteiger partial charge in [0.05, 0.1) is 24.4 Å². The number of hydrogen-bond donors (Lipinski definition) is 3. The zero-order valence-corrected chi connectivity index (χ0v) is 12.0. The van der Waals surface area contributed by atoms with E-state index in [1.165, 1.54) is 5.56 Å². The molecule has 0 atom stereocenters. The maximum atomic E-state index is 9.15. The summed E-state index contributed by atoms with van der Waals surface area (Å²) in [4.78, 5) is 0. The van der Waals surface area contributed by atoms with E-state index >= 15 is 0 Å². The second-order valence-corrected chi connectivity index (χ2v) is 5.39. The fraction of sp³-hybridized carbons (Fsp3) is 0.467. The number of hydrogen-bond acceptors (Lipinski definition) is 5. The molecule has 0 aliphatic rings. The number of aliphatic hydroxyl groups excluding tert-OH is 2. The monoisotopic (exact) mass is 290 g/mol. The van der Waals surface area contributed by atoms with Crippen molar-refractivity contribution in [1.82, 2.24) is 15.0 Å². The molecule has 1 heterocycles. The minimum absolute atomic E-state index is 0.244. The van der Waals surface area contributed by atoms with E-state index in [1.54, 1.807) is 4.68 Å². The minimum Gasteiger partial charge on any atom is -0.394 e. The summed E-state index contributed by atoms with van der Waals surface area (Å²) < 4.78 is 1.80. The normalized spacial score (nSPS) is 11.8. The zero-order chi connectivity index (χ0) is 15.1. The van der Waals surface area contributed by atoms with Crippen molar-refractivity contribution in [2.45, 2.75) is 31.3 Å². The Balaban J connectivity index is 1.84. The summed E-state index contributed by atoms with van der Waals surface area (Å²) in [6.45, 7) is 0.280. The third kappa shape index (κ3) is 4.63. The van der Waals surface area contributed by atoms with Crippen molar-refractivity contribution in [2.75, 3.05) is 13.2 Å². The molecule has 114 valence electrons. The number of aromatic nitrogens is 3. The molecule has 21 heavy (non-hydrogen) atoms. The molecule has 0 fully saturated rings. The number of aliphatic hydroxyl groups is 2. The van der Waals surface area contributed by atoms with Crippen LogP contribution < -0.4 is 5.73 Å². The molecular weight excluding hydrogens is 268 g/mol. The maximum absolute atomic E-state index is 9.15. The first-order chi connectivity index (χ1) is 10.1. The molecule has 0 spiro atoms. The molecule has 0 bridgehead atoms. The molecule has 1 aromatic heterocycles. The fourth-order valence-corrected chi connectivity index (χ4v) is 2.04. The average Bonchev–Trinajstić information content (AvgIpc) is 3.00. The molecule has 4 N–H and O–H groups in total. The van der Waals surface area contributed by atoms with Crippen LogP contribution in [0.5, 0.6) is 0 Å². The Morgan fingerprint density at radius 2 is 1.81 bits per heavy atom. The molecular formula is C15H22N4O2. The average molecular weight is 290 g/mol. The van der Waals surface area contributed by atoms with E-state index in [9.17, 15) is 0 Å². The van der Waals surface area contributed by atoms with E-state index in [2.05, 4.69) is 22.4 Å². The van der Waals surface area contributed by atoms with Crippen molar-refractivity contribution in [3.05, 3.63) is 47.8 Å². The lowest BCUT2D eigenvalue weighted by atomic mass is 9.96. The first kappa shape index (κ1) is 15.6. The fourth-order valence-electron chi connectivity index (χ4n) is 2.04. The zero-order valence-electron chi connectivity index (χ0n) is 12.0. The Morgan fingerprint density at radius 1 is 1.10 bits per heavy atom. The smallest absolute Gasteiger partial charge is 0.0827 e. The molecule has 2 rings (SSSR count). The highest BCUT2D eigenvalue weighted by Crippen LogP contribution is 2.10. The molecule has 0 amide bonds. The van der Waals surface area contributed by atoms with Crippen LogP contribution in [0.1, 0.15) is 17.7 Å². The molecule has 0 aliphatic heterocycles. The summed E-state index contributed by atoms with van der Waals surface area (Å²) in [6.07, 6.45) is 3.84. The van der Waals surface area contributed by atoms with Crippen molar-refractivity contribution >= 4 is 0 Å². The van der Waals surface area contributed by atoms with E-state index in [4.69, 9.17) is 15.9 Å². The third-order valence-electron chi connectivity index (χ3n) is 3.57. The highest BCUT2D eigenvalue weighted by Gasteiger charge is 2.23. The van der Waals surface area contributed by atoms with E-state index in [0.717, 1.165) is 18.7 Å². The quantitative estimate of drug-likeness (QED) is 0.642. The molecule has 6 nitrogen and oxygen atoms in total. The first-order valence-electron chi connectivity index (χ1n) is 7.09. The Morgan fingerprint density at radius 3 is 2.48 bits per heavy atom. The Labute approximate surface area is 124 Å². The van der Waals surface area contributed by atoms with Crippen LogP contribution in [0.2, 0.25) is 0 Å². The SMILES string of the molecule is NC(CO)(CO)CCc1cn(CCc2ccccc2)nn1. The molecule has 0 saturated carbocycles. The Kier molecular flexibility index (Phi) is 5.44. The van der Waals surface area contributed by atoms with E-state index in [-0.39, 0.29) is 13.2 Å². The van der Waals surface area contributed by atoms with Crippen LogP contribution in [0.25, 0.3) is 0 Å². The van der Waals surface area contributed by atoms with Gasteiger partial charge >= 0.3 is 0 Å². The highest BCUT2D eigenvalue weighted by molar-refractivity contribution is 5.14. The molecule has 0 aliphatic carbocycles. The van der Waals surface area contributed by atoms with Gasteiger partial charge in [-0.1, -0.05) is 35.5 Å². The molecule has 2 aromatic rings. The van der Waals surface area contributed by atoms with Gasteiger partial charge in [0, 0.05) is 12.7 Å². The molecule has 0 unspecified atom stereocenters. The maximum Gasteiger partial charge on any atom is 0.0827 e. The van der Waals surface area contributed by atoms with Gasteiger partial charge in [-0.05, 0) is 24.8 Å². The van der Waals surface area contributed by atoms with Crippen LogP contribution in [-0.2, 0) is 19.4 Å². The second-order valence-electron chi connectivity index (χ2n) is 5.39. The lowest BCUT2D eigenvalue weighted by Gasteiger charge is -2.23. The van der Waals surface area contributed by atoms with Gasteiger partial charge in [0.2, 0.25) is 0 Å². The molecule has 6 heteroatoms. The van der Waals surface area contributed by atoms with Gasteiger partial charge in [0.15, 0.2) is 0 Å².